The second-order valence-corrected chi connectivity index (χ2v) is 4.31. The lowest BCUT2D eigenvalue weighted by Gasteiger charge is -2.04. The van der Waals surface area contributed by atoms with E-state index in [1.165, 1.54) is 12.3 Å². The minimum Gasteiger partial charge on any atom is -0.508 e. The Kier molecular flexibility index (Phi) is 5.10. The van der Waals surface area contributed by atoms with Crippen LogP contribution >= 0.6 is 0 Å². The average Bonchev–Trinajstić information content (AvgIpc) is 2.53. The topological polar surface area (TPSA) is 94.7 Å². The Morgan fingerprint density at radius 2 is 2.09 bits per heavy atom. The van der Waals surface area contributed by atoms with E-state index in [1.807, 2.05) is 6.07 Å². The van der Waals surface area contributed by atoms with Crippen LogP contribution in [0.15, 0.2) is 53.6 Å². The summed E-state index contributed by atoms with van der Waals surface area (Å²) in [6, 6.07) is 14.9. The number of rotatable bonds is 5. The molecule has 0 bridgehead atoms. The maximum Gasteiger partial charge on any atom is 0.277 e. The Labute approximate surface area is 127 Å². The number of nitrogens with one attached hydrogen (secondary N) is 1. The van der Waals surface area contributed by atoms with Gasteiger partial charge < -0.3 is 9.84 Å². The molecule has 0 unspecified atom stereocenters. The number of phenols is 1. The number of aromatic hydroxyl groups is 1. The van der Waals surface area contributed by atoms with E-state index in [0.717, 1.165) is 0 Å². The van der Waals surface area contributed by atoms with Gasteiger partial charge in [-0.15, -0.1) is 0 Å². The van der Waals surface area contributed by atoms with Crippen LogP contribution in [-0.2, 0) is 4.79 Å². The SMILES string of the molecule is N#Cc1ccc(OCC(=O)N/N=C/c2cccc(O)c2)cc1. The van der Waals surface area contributed by atoms with Crippen LogP contribution in [0, 0.1) is 11.3 Å². The molecule has 6 nitrogen and oxygen atoms in total. The molecule has 0 saturated carbocycles. The number of hydrogen-bond donors (Lipinski definition) is 2. The first kappa shape index (κ1) is 15.1. The zero-order valence-electron chi connectivity index (χ0n) is 11.6. The van der Waals surface area contributed by atoms with Crippen LogP contribution in [0.4, 0.5) is 0 Å². The Morgan fingerprint density at radius 3 is 2.77 bits per heavy atom. The molecule has 0 spiro atoms. The summed E-state index contributed by atoms with van der Waals surface area (Å²) in [6.07, 6.45) is 1.42. The van der Waals surface area contributed by atoms with Gasteiger partial charge in [-0.3, -0.25) is 4.79 Å². The fraction of sp³-hybridized carbons (Fsp3) is 0.0625. The van der Waals surface area contributed by atoms with Crippen molar-refractivity contribution in [2.24, 2.45) is 5.10 Å². The number of benzene rings is 2. The molecule has 0 aliphatic carbocycles. The van der Waals surface area contributed by atoms with Crippen LogP contribution in [0.1, 0.15) is 11.1 Å². The minimum atomic E-state index is -0.416. The molecule has 0 heterocycles. The lowest BCUT2D eigenvalue weighted by atomic mass is 10.2. The molecular weight excluding hydrogens is 282 g/mol. The number of nitrogens with zero attached hydrogens (tertiary/aromatic N) is 2. The van der Waals surface area contributed by atoms with E-state index in [1.54, 1.807) is 42.5 Å². The Bertz CT molecular complexity index is 718. The number of amides is 1. The Balaban J connectivity index is 1.79. The van der Waals surface area contributed by atoms with Gasteiger partial charge in [-0.05, 0) is 42.0 Å². The summed E-state index contributed by atoms with van der Waals surface area (Å²) in [7, 11) is 0. The van der Waals surface area contributed by atoms with Crippen molar-refractivity contribution in [2.75, 3.05) is 6.61 Å². The van der Waals surface area contributed by atoms with Gasteiger partial charge in [0.15, 0.2) is 6.61 Å². The van der Waals surface area contributed by atoms with E-state index in [9.17, 15) is 9.90 Å². The number of nitriles is 1. The van der Waals surface area contributed by atoms with Crippen molar-refractivity contribution in [1.29, 1.82) is 5.26 Å². The summed E-state index contributed by atoms with van der Waals surface area (Å²) in [6.45, 7) is -0.191. The zero-order valence-corrected chi connectivity index (χ0v) is 11.6. The van der Waals surface area contributed by atoms with Crippen LogP contribution in [0.5, 0.6) is 11.5 Å². The first-order valence-electron chi connectivity index (χ1n) is 6.41. The molecule has 110 valence electrons. The summed E-state index contributed by atoms with van der Waals surface area (Å²) in [5.74, 6) is 0.200. The van der Waals surface area contributed by atoms with Crippen LogP contribution in [0.2, 0.25) is 0 Å². The molecular formula is C16H13N3O3. The summed E-state index contributed by atoms with van der Waals surface area (Å²) < 4.78 is 5.25. The van der Waals surface area contributed by atoms with Crippen molar-refractivity contribution < 1.29 is 14.6 Å². The van der Waals surface area contributed by atoms with Gasteiger partial charge in [-0.25, -0.2) is 5.43 Å². The van der Waals surface area contributed by atoms with Gasteiger partial charge in [0, 0.05) is 0 Å². The van der Waals surface area contributed by atoms with Gasteiger partial charge in [-0.2, -0.15) is 10.4 Å². The molecule has 2 aromatic rings. The first-order valence-corrected chi connectivity index (χ1v) is 6.41. The third-order valence-corrected chi connectivity index (χ3v) is 2.63. The zero-order chi connectivity index (χ0) is 15.8. The number of hydrogen-bond acceptors (Lipinski definition) is 5. The molecule has 0 aromatic heterocycles. The number of ether oxygens (including phenoxy) is 1. The van der Waals surface area contributed by atoms with Gasteiger partial charge in [-0.1, -0.05) is 12.1 Å². The monoisotopic (exact) mass is 295 g/mol. The van der Waals surface area contributed by atoms with Gasteiger partial charge in [0.2, 0.25) is 0 Å². The van der Waals surface area contributed by atoms with Crippen molar-refractivity contribution >= 4 is 12.1 Å². The molecule has 2 aromatic carbocycles. The second kappa shape index (κ2) is 7.45. The number of carbonyl (C=O) groups is 1. The van der Waals surface area contributed by atoms with E-state index in [0.29, 0.717) is 16.9 Å². The van der Waals surface area contributed by atoms with Crippen LogP contribution in [0.25, 0.3) is 0 Å². The fourth-order valence-corrected chi connectivity index (χ4v) is 1.59. The molecule has 0 aliphatic rings. The molecule has 22 heavy (non-hydrogen) atoms. The highest BCUT2D eigenvalue weighted by Crippen LogP contribution is 2.11. The summed E-state index contributed by atoms with van der Waals surface area (Å²) >= 11 is 0. The molecule has 6 heteroatoms. The quantitative estimate of drug-likeness (QED) is 0.649. The smallest absolute Gasteiger partial charge is 0.277 e. The van der Waals surface area contributed by atoms with E-state index < -0.39 is 5.91 Å². The highest BCUT2D eigenvalue weighted by atomic mass is 16.5. The van der Waals surface area contributed by atoms with Crippen molar-refractivity contribution in [3.63, 3.8) is 0 Å². The average molecular weight is 295 g/mol. The number of hydrazone groups is 1. The molecule has 2 N–H and O–H groups in total. The summed E-state index contributed by atoms with van der Waals surface area (Å²) in [5, 5.41) is 21.7. The maximum absolute atomic E-state index is 11.5. The fourth-order valence-electron chi connectivity index (χ4n) is 1.59. The summed E-state index contributed by atoms with van der Waals surface area (Å²) in [5.41, 5.74) is 3.50. The van der Waals surface area contributed by atoms with E-state index in [2.05, 4.69) is 10.5 Å². The third kappa shape index (κ3) is 4.65. The van der Waals surface area contributed by atoms with Crippen molar-refractivity contribution in [3.8, 4) is 17.6 Å². The molecule has 2 rings (SSSR count). The van der Waals surface area contributed by atoms with Crippen molar-refractivity contribution in [3.05, 3.63) is 59.7 Å². The van der Waals surface area contributed by atoms with Crippen LogP contribution in [-0.4, -0.2) is 23.8 Å². The van der Waals surface area contributed by atoms with E-state index in [-0.39, 0.29) is 12.4 Å². The molecule has 0 atom stereocenters. The highest BCUT2D eigenvalue weighted by molar-refractivity contribution is 5.83. The predicted molar refractivity (Wildman–Crippen MR) is 80.5 cm³/mol. The molecule has 0 fully saturated rings. The first-order chi connectivity index (χ1) is 10.7. The van der Waals surface area contributed by atoms with Gasteiger partial charge >= 0.3 is 0 Å². The highest BCUT2D eigenvalue weighted by Gasteiger charge is 2.01. The molecule has 0 aliphatic heterocycles. The van der Waals surface area contributed by atoms with Crippen molar-refractivity contribution in [1.82, 2.24) is 5.43 Å². The van der Waals surface area contributed by atoms with E-state index >= 15 is 0 Å². The molecule has 1 amide bonds. The standard InChI is InChI=1S/C16H13N3O3/c17-9-12-4-6-15(7-5-12)22-11-16(21)19-18-10-13-2-1-3-14(20)8-13/h1-8,10,20H,11H2,(H,19,21)/b18-10+. The van der Waals surface area contributed by atoms with Crippen LogP contribution in [0.3, 0.4) is 0 Å². The lowest BCUT2D eigenvalue weighted by Crippen LogP contribution is -2.24. The lowest BCUT2D eigenvalue weighted by molar-refractivity contribution is -0.123. The Hall–Kier alpha value is -3.33. The van der Waals surface area contributed by atoms with Gasteiger partial charge in [0.25, 0.3) is 5.91 Å². The largest absolute Gasteiger partial charge is 0.508 e. The van der Waals surface area contributed by atoms with E-state index in [4.69, 9.17) is 10.00 Å². The second-order valence-electron chi connectivity index (χ2n) is 4.31. The number of carbonyl (C=O) groups excluding carboxylic acids is 1. The van der Waals surface area contributed by atoms with Crippen LogP contribution < -0.4 is 10.2 Å². The maximum atomic E-state index is 11.5. The van der Waals surface area contributed by atoms with Gasteiger partial charge in [0.1, 0.15) is 11.5 Å². The van der Waals surface area contributed by atoms with Crippen molar-refractivity contribution in [2.45, 2.75) is 0 Å². The minimum absolute atomic E-state index is 0.124. The third-order valence-electron chi connectivity index (χ3n) is 2.63. The summed E-state index contributed by atoms with van der Waals surface area (Å²) in [4.78, 5) is 11.5. The normalized spacial score (nSPS) is 10.1. The molecule has 0 radical (unpaired) electrons. The van der Waals surface area contributed by atoms with Gasteiger partial charge in [0.05, 0.1) is 17.8 Å². The molecule has 0 saturated heterocycles. The predicted octanol–water partition coefficient (Wildman–Crippen LogP) is 1.79. The number of phenolic OH excluding ortho intramolecular Hbond substituents is 1. The Morgan fingerprint density at radius 1 is 1.32 bits per heavy atom.